The molecule has 0 saturated carbocycles. The number of nitriles is 1. The number of anilines is 1. The maximum Gasteiger partial charge on any atom is 0.103 e. The molecule has 1 N–H and O–H groups in total. The van der Waals surface area contributed by atoms with E-state index < -0.39 is 0 Å². The fourth-order valence-corrected chi connectivity index (χ4v) is 2.28. The van der Waals surface area contributed by atoms with Gasteiger partial charge in [0.1, 0.15) is 6.07 Å². The largest absolute Gasteiger partial charge is 0.379 e. The lowest BCUT2D eigenvalue weighted by Crippen LogP contribution is -2.04. The Balaban J connectivity index is 2.00. The average Bonchev–Trinajstić information content (AvgIpc) is 2.53. The molecule has 0 unspecified atom stereocenters. The fraction of sp³-hybridized carbons (Fsp3) is 0.118. The Kier molecular flexibility index (Phi) is 3.48. The van der Waals surface area contributed by atoms with Gasteiger partial charge in [-0.3, -0.25) is 9.97 Å². The van der Waals surface area contributed by atoms with Gasteiger partial charge in [0, 0.05) is 30.5 Å². The van der Waals surface area contributed by atoms with Crippen LogP contribution in [0.2, 0.25) is 0 Å². The first-order valence-corrected chi connectivity index (χ1v) is 6.71. The van der Waals surface area contributed by atoms with Gasteiger partial charge in [-0.1, -0.05) is 18.2 Å². The number of fused-ring (bicyclic) bond motifs is 1. The maximum atomic E-state index is 9.29. The van der Waals surface area contributed by atoms with Crippen molar-refractivity contribution >= 4 is 16.6 Å². The Hall–Kier alpha value is -2.93. The predicted octanol–water partition coefficient (Wildman–Crippen LogP) is 3.42. The molecule has 3 rings (SSSR count). The SMILES string of the molecule is Cc1ccncc1CNc1c(C#N)cnc2ccccc12. The minimum Gasteiger partial charge on any atom is -0.379 e. The second-order valence-electron chi connectivity index (χ2n) is 4.83. The molecule has 0 fully saturated rings. The van der Waals surface area contributed by atoms with Gasteiger partial charge < -0.3 is 5.32 Å². The monoisotopic (exact) mass is 274 g/mol. The molecule has 0 radical (unpaired) electrons. The highest BCUT2D eigenvalue weighted by atomic mass is 14.9. The standard InChI is InChI=1S/C17H14N4/c1-12-6-7-19-9-14(12)11-21-17-13(8-18)10-20-16-5-3-2-4-15(16)17/h2-7,9-10H,11H2,1H3,(H,20,21). The number of aryl methyl sites for hydroxylation is 1. The molecular weight excluding hydrogens is 260 g/mol. The van der Waals surface area contributed by atoms with Gasteiger partial charge >= 0.3 is 0 Å². The fourth-order valence-electron chi connectivity index (χ4n) is 2.28. The molecule has 0 aliphatic rings. The van der Waals surface area contributed by atoms with Crippen molar-refractivity contribution < 1.29 is 0 Å². The molecule has 0 amide bonds. The molecule has 0 bridgehead atoms. The topological polar surface area (TPSA) is 61.6 Å². The minimum absolute atomic E-state index is 0.551. The Morgan fingerprint density at radius 3 is 2.86 bits per heavy atom. The van der Waals surface area contributed by atoms with Gasteiger partial charge in [-0.05, 0) is 30.2 Å². The van der Waals surface area contributed by atoms with E-state index in [2.05, 4.69) is 28.3 Å². The first-order chi connectivity index (χ1) is 10.3. The van der Waals surface area contributed by atoms with Gasteiger partial charge in [0.2, 0.25) is 0 Å². The Morgan fingerprint density at radius 1 is 1.19 bits per heavy atom. The van der Waals surface area contributed by atoms with Crippen LogP contribution < -0.4 is 5.32 Å². The summed E-state index contributed by atoms with van der Waals surface area (Å²) in [6.45, 7) is 2.68. The van der Waals surface area contributed by atoms with Crippen LogP contribution in [-0.2, 0) is 6.54 Å². The number of pyridine rings is 2. The maximum absolute atomic E-state index is 9.29. The number of nitrogens with zero attached hydrogens (tertiary/aromatic N) is 3. The molecule has 4 nitrogen and oxygen atoms in total. The third-order valence-corrected chi connectivity index (χ3v) is 3.50. The van der Waals surface area contributed by atoms with E-state index >= 15 is 0 Å². The summed E-state index contributed by atoms with van der Waals surface area (Å²) in [5.41, 5.74) is 4.54. The molecule has 102 valence electrons. The van der Waals surface area contributed by atoms with Crippen LogP contribution in [-0.4, -0.2) is 9.97 Å². The van der Waals surface area contributed by atoms with Crippen LogP contribution in [0.5, 0.6) is 0 Å². The summed E-state index contributed by atoms with van der Waals surface area (Å²) in [5.74, 6) is 0. The predicted molar refractivity (Wildman–Crippen MR) is 82.8 cm³/mol. The molecule has 0 atom stereocenters. The number of nitrogens with one attached hydrogen (secondary N) is 1. The van der Waals surface area contributed by atoms with Crippen molar-refractivity contribution in [2.24, 2.45) is 0 Å². The van der Waals surface area contributed by atoms with Crippen molar-refractivity contribution in [2.45, 2.75) is 13.5 Å². The smallest absolute Gasteiger partial charge is 0.103 e. The molecule has 4 heteroatoms. The Morgan fingerprint density at radius 2 is 2.05 bits per heavy atom. The number of rotatable bonds is 3. The van der Waals surface area contributed by atoms with Crippen LogP contribution in [0, 0.1) is 18.3 Å². The van der Waals surface area contributed by atoms with Crippen molar-refractivity contribution in [2.75, 3.05) is 5.32 Å². The van der Waals surface area contributed by atoms with Gasteiger partial charge in [0.05, 0.1) is 16.8 Å². The lowest BCUT2D eigenvalue weighted by atomic mass is 10.1. The molecule has 0 saturated heterocycles. The van der Waals surface area contributed by atoms with Crippen molar-refractivity contribution in [3.8, 4) is 6.07 Å². The van der Waals surface area contributed by atoms with E-state index in [0.717, 1.165) is 22.2 Å². The van der Waals surface area contributed by atoms with Crippen LogP contribution >= 0.6 is 0 Å². The zero-order valence-corrected chi connectivity index (χ0v) is 11.7. The first-order valence-electron chi connectivity index (χ1n) is 6.71. The summed E-state index contributed by atoms with van der Waals surface area (Å²) in [5, 5.41) is 13.6. The highest BCUT2D eigenvalue weighted by molar-refractivity contribution is 5.93. The van der Waals surface area contributed by atoms with E-state index in [1.54, 1.807) is 12.4 Å². The Labute approximate surface area is 123 Å². The summed E-state index contributed by atoms with van der Waals surface area (Å²) in [4.78, 5) is 8.46. The quantitative estimate of drug-likeness (QED) is 0.795. The van der Waals surface area contributed by atoms with Crippen molar-refractivity contribution in [1.29, 1.82) is 5.26 Å². The molecule has 3 aromatic rings. The molecular formula is C17H14N4. The summed E-state index contributed by atoms with van der Waals surface area (Å²) < 4.78 is 0. The van der Waals surface area contributed by atoms with E-state index in [-0.39, 0.29) is 0 Å². The van der Waals surface area contributed by atoms with Gasteiger partial charge in [-0.2, -0.15) is 5.26 Å². The molecule has 2 aromatic heterocycles. The summed E-state index contributed by atoms with van der Waals surface area (Å²) >= 11 is 0. The third kappa shape index (κ3) is 2.54. The summed E-state index contributed by atoms with van der Waals surface area (Å²) in [7, 11) is 0. The van der Waals surface area contributed by atoms with Gasteiger partial charge in [-0.25, -0.2) is 0 Å². The van der Waals surface area contributed by atoms with Crippen LogP contribution in [0.4, 0.5) is 5.69 Å². The molecule has 0 spiro atoms. The number of hydrogen-bond donors (Lipinski definition) is 1. The van der Waals surface area contributed by atoms with E-state index in [1.807, 2.05) is 36.5 Å². The molecule has 1 aromatic carbocycles. The second kappa shape index (κ2) is 5.59. The van der Waals surface area contributed by atoms with Gasteiger partial charge in [0.15, 0.2) is 0 Å². The number of hydrogen-bond acceptors (Lipinski definition) is 4. The first kappa shape index (κ1) is 13.1. The van der Waals surface area contributed by atoms with Crippen LogP contribution in [0.3, 0.4) is 0 Å². The zero-order valence-electron chi connectivity index (χ0n) is 11.7. The van der Waals surface area contributed by atoms with Crippen LogP contribution in [0.15, 0.2) is 48.9 Å². The number of aromatic nitrogens is 2. The summed E-state index contributed by atoms with van der Waals surface area (Å²) in [6, 6.07) is 12.0. The highest BCUT2D eigenvalue weighted by Gasteiger charge is 2.08. The van der Waals surface area contributed by atoms with Crippen LogP contribution in [0.1, 0.15) is 16.7 Å². The lowest BCUT2D eigenvalue weighted by molar-refractivity contribution is 1.08. The average molecular weight is 274 g/mol. The molecule has 2 heterocycles. The van der Waals surface area contributed by atoms with E-state index in [4.69, 9.17) is 0 Å². The van der Waals surface area contributed by atoms with E-state index in [9.17, 15) is 5.26 Å². The molecule has 0 aliphatic carbocycles. The van der Waals surface area contributed by atoms with Gasteiger partial charge in [-0.15, -0.1) is 0 Å². The third-order valence-electron chi connectivity index (χ3n) is 3.50. The summed E-state index contributed by atoms with van der Waals surface area (Å²) in [6.07, 6.45) is 5.24. The minimum atomic E-state index is 0.551. The molecule has 21 heavy (non-hydrogen) atoms. The normalized spacial score (nSPS) is 10.3. The lowest BCUT2D eigenvalue weighted by Gasteiger charge is -2.12. The van der Waals surface area contributed by atoms with E-state index in [0.29, 0.717) is 12.1 Å². The number of benzene rings is 1. The second-order valence-corrected chi connectivity index (χ2v) is 4.83. The zero-order chi connectivity index (χ0) is 14.7. The van der Waals surface area contributed by atoms with Crippen LogP contribution in [0.25, 0.3) is 10.9 Å². The van der Waals surface area contributed by atoms with Gasteiger partial charge in [0.25, 0.3) is 0 Å². The van der Waals surface area contributed by atoms with Crippen molar-refractivity contribution in [3.05, 3.63) is 65.6 Å². The van der Waals surface area contributed by atoms with Crippen molar-refractivity contribution in [1.82, 2.24) is 9.97 Å². The molecule has 0 aliphatic heterocycles. The van der Waals surface area contributed by atoms with E-state index in [1.165, 1.54) is 5.56 Å². The Bertz CT molecular complexity index is 834. The number of para-hydroxylation sites is 1. The highest BCUT2D eigenvalue weighted by Crippen LogP contribution is 2.26. The van der Waals surface area contributed by atoms with Crippen molar-refractivity contribution in [3.63, 3.8) is 0 Å².